The van der Waals surface area contributed by atoms with Crippen molar-refractivity contribution >= 4 is 17.9 Å². The quantitative estimate of drug-likeness (QED) is 0.0261. The Labute approximate surface area is 438 Å². The van der Waals surface area contributed by atoms with Gasteiger partial charge in [-0.05, 0) is 122 Å². The van der Waals surface area contributed by atoms with Crippen LogP contribution in [0, 0.1) is 0 Å². The molecule has 0 aromatic rings. The summed E-state index contributed by atoms with van der Waals surface area (Å²) in [6.45, 7) is 6.38. The molecule has 0 spiro atoms. The fraction of sp³-hybridized carbons (Fsp3) is 0.677. The molecule has 0 saturated carbocycles. The van der Waals surface area contributed by atoms with Crippen LogP contribution in [0.4, 0.5) is 0 Å². The van der Waals surface area contributed by atoms with Crippen molar-refractivity contribution in [3.05, 3.63) is 109 Å². The van der Waals surface area contributed by atoms with Gasteiger partial charge in [-0.3, -0.25) is 14.4 Å². The maximum atomic E-state index is 12.9. The summed E-state index contributed by atoms with van der Waals surface area (Å²) in [7, 11) is 0. The van der Waals surface area contributed by atoms with Gasteiger partial charge in [-0.15, -0.1) is 0 Å². The van der Waals surface area contributed by atoms with E-state index in [0.29, 0.717) is 19.3 Å². The number of carbonyl (C=O) groups excluding carboxylic acids is 3. The predicted molar refractivity (Wildman–Crippen MR) is 307 cm³/mol. The zero-order valence-electron chi connectivity index (χ0n) is 46.2. The van der Waals surface area contributed by atoms with Crippen molar-refractivity contribution < 1.29 is 28.6 Å². The largest absolute Gasteiger partial charge is 0.462 e. The third kappa shape index (κ3) is 56.9. The molecule has 0 saturated heterocycles. The van der Waals surface area contributed by atoms with E-state index in [4.69, 9.17) is 14.2 Å². The topological polar surface area (TPSA) is 78.9 Å². The number of esters is 3. The van der Waals surface area contributed by atoms with Crippen molar-refractivity contribution in [2.75, 3.05) is 13.2 Å². The summed E-state index contributed by atoms with van der Waals surface area (Å²) in [4.78, 5) is 38.2. The van der Waals surface area contributed by atoms with Crippen LogP contribution in [0.25, 0.3) is 0 Å². The highest BCUT2D eigenvalue weighted by atomic mass is 16.6. The monoisotopic (exact) mass is 985 g/mol. The van der Waals surface area contributed by atoms with Crippen LogP contribution >= 0.6 is 0 Å². The molecule has 6 heteroatoms. The Morgan fingerprint density at radius 1 is 0.296 bits per heavy atom. The summed E-state index contributed by atoms with van der Waals surface area (Å²) in [5.74, 6) is -0.941. The first-order chi connectivity index (χ1) is 35.0. The fourth-order valence-corrected chi connectivity index (χ4v) is 7.89. The van der Waals surface area contributed by atoms with E-state index in [1.807, 2.05) is 0 Å². The lowest BCUT2D eigenvalue weighted by Gasteiger charge is -2.18. The molecule has 71 heavy (non-hydrogen) atoms. The summed E-state index contributed by atoms with van der Waals surface area (Å²) < 4.78 is 16.9. The van der Waals surface area contributed by atoms with Crippen LogP contribution in [0.3, 0.4) is 0 Å². The molecule has 0 aliphatic rings. The molecule has 0 aliphatic carbocycles. The average molecular weight is 986 g/mol. The molecule has 0 aromatic carbocycles. The van der Waals surface area contributed by atoms with Crippen LogP contribution in [0.1, 0.15) is 265 Å². The molecule has 0 heterocycles. The lowest BCUT2D eigenvalue weighted by Crippen LogP contribution is -2.30. The highest BCUT2D eigenvalue weighted by Crippen LogP contribution is 2.14. The van der Waals surface area contributed by atoms with Crippen molar-refractivity contribution in [3.63, 3.8) is 0 Å². The number of rotatable bonds is 52. The van der Waals surface area contributed by atoms with Crippen molar-refractivity contribution in [1.82, 2.24) is 0 Å². The maximum Gasteiger partial charge on any atom is 0.306 e. The molecule has 0 fully saturated rings. The fourth-order valence-electron chi connectivity index (χ4n) is 7.89. The van der Waals surface area contributed by atoms with Gasteiger partial charge in [0.1, 0.15) is 13.2 Å². The molecule has 0 radical (unpaired) electrons. The zero-order valence-corrected chi connectivity index (χ0v) is 46.2. The number of carbonyl (C=O) groups is 3. The van der Waals surface area contributed by atoms with Crippen LogP contribution in [-0.4, -0.2) is 37.2 Å². The first-order valence-corrected chi connectivity index (χ1v) is 29.4. The van der Waals surface area contributed by atoms with Gasteiger partial charge >= 0.3 is 17.9 Å². The van der Waals surface area contributed by atoms with Crippen LogP contribution in [0.2, 0.25) is 0 Å². The Kier molecular flexibility index (Phi) is 55.4. The van der Waals surface area contributed by atoms with Crippen LogP contribution < -0.4 is 0 Å². The molecule has 0 rings (SSSR count). The molecule has 404 valence electrons. The van der Waals surface area contributed by atoms with Crippen molar-refractivity contribution in [2.45, 2.75) is 271 Å². The number of unbranched alkanes of at least 4 members (excludes halogenated alkanes) is 23. The number of allylic oxidation sites excluding steroid dienone is 18. The predicted octanol–water partition coefficient (Wildman–Crippen LogP) is 19.9. The smallest absolute Gasteiger partial charge is 0.306 e. The van der Waals surface area contributed by atoms with Gasteiger partial charge in [0.2, 0.25) is 0 Å². The molecule has 1 unspecified atom stereocenters. The molecule has 1 atom stereocenters. The highest BCUT2D eigenvalue weighted by Gasteiger charge is 2.19. The third-order valence-corrected chi connectivity index (χ3v) is 12.2. The van der Waals surface area contributed by atoms with Gasteiger partial charge in [0.05, 0.1) is 0 Å². The molecule has 0 amide bonds. The number of hydrogen-bond donors (Lipinski definition) is 0. The molecular formula is C65H108O6. The molecule has 0 bridgehead atoms. The molecule has 0 N–H and O–H groups in total. The van der Waals surface area contributed by atoms with E-state index >= 15 is 0 Å². The summed E-state index contributed by atoms with van der Waals surface area (Å²) in [5.41, 5.74) is 0. The summed E-state index contributed by atoms with van der Waals surface area (Å²) in [5, 5.41) is 0. The minimum absolute atomic E-state index is 0.0962. The molecule has 0 aliphatic heterocycles. The standard InChI is InChI=1S/C65H108O6/c1-4-7-10-13-16-19-22-25-28-31-32-35-37-40-43-46-49-52-55-58-64(67)70-61-62(71-65(68)59-56-53-50-47-44-41-38-34-30-27-24-21-18-15-12-9-6-3)60-69-63(66)57-54-51-48-45-42-39-36-33-29-26-23-20-17-14-11-8-5-2/h7,9-10,12,16,18-19,21,25-30,32,35,40,43,62H,4-6,8,11,13-15,17,20,22-24,31,33-34,36-39,41-42,44-61H2,1-3H3/b10-7-,12-9-,19-16-,21-18-,28-25-,29-26-,30-27-,35-32-,43-40-. The lowest BCUT2D eigenvalue weighted by molar-refractivity contribution is -0.167. The Morgan fingerprint density at radius 2 is 0.549 bits per heavy atom. The second-order valence-electron chi connectivity index (χ2n) is 19.1. The summed E-state index contributed by atoms with van der Waals surface area (Å²) in [6, 6.07) is 0. The average Bonchev–Trinajstić information content (AvgIpc) is 3.37. The van der Waals surface area contributed by atoms with Crippen LogP contribution in [-0.2, 0) is 28.6 Å². The second-order valence-corrected chi connectivity index (χ2v) is 19.1. The van der Waals surface area contributed by atoms with Crippen LogP contribution in [0.15, 0.2) is 109 Å². The highest BCUT2D eigenvalue weighted by molar-refractivity contribution is 5.71. The van der Waals surface area contributed by atoms with Crippen molar-refractivity contribution in [1.29, 1.82) is 0 Å². The SMILES string of the molecule is CC/C=C\C/C=C\C/C=C\C/C=C\C/C=C\CCCCCC(=O)OCC(COC(=O)CCCCCCCCC/C=C\CCCCCCCC)OC(=O)CCCCCCCCC/C=C\C/C=C\C/C=C\CC. The van der Waals surface area contributed by atoms with Gasteiger partial charge in [0.25, 0.3) is 0 Å². The maximum absolute atomic E-state index is 12.9. The summed E-state index contributed by atoms with van der Waals surface area (Å²) in [6.07, 6.45) is 79.3. The molecule has 0 aromatic heterocycles. The van der Waals surface area contributed by atoms with Crippen molar-refractivity contribution in [3.8, 4) is 0 Å². The molecule has 6 nitrogen and oxygen atoms in total. The van der Waals surface area contributed by atoms with E-state index in [9.17, 15) is 14.4 Å². The van der Waals surface area contributed by atoms with Gasteiger partial charge in [-0.2, -0.15) is 0 Å². The first kappa shape index (κ1) is 67.1. The Morgan fingerprint density at radius 3 is 0.887 bits per heavy atom. The van der Waals surface area contributed by atoms with E-state index in [0.717, 1.165) is 122 Å². The third-order valence-electron chi connectivity index (χ3n) is 12.2. The number of hydrogen-bond acceptors (Lipinski definition) is 6. The first-order valence-electron chi connectivity index (χ1n) is 29.4. The molecular weight excluding hydrogens is 877 g/mol. The van der Waals surface area contributed by atoms with E-state index in [1.54, 1.807) is 0 Å². The zero-order chi connectivity index (χ0) is 51.4. The Bertz CT molecular complexity index is 1460. The lowest BCUT2D eigenvalue weighted by atomic mass is 10.1. The minimum Gasteiger partial charge on any atom is -0.462 e. The van der Waals surface area contributed by atoms with E-state index in [1.165, 1.54) is 103 Å². The van der Waals surface area contributed by atoms with E-state index < -0.39 is 6.10 Å². The van der Waals surface area contributed by atoms with Gasteiger partial charge in [-0.1, -0.05) is 233 Å². The second kappa shape index (κ2) is 58.6. The van der Waals surface area contributed by atoms with E-state index in [-0.39, 0.29) is 31.1 Å². The normalized spacial score (nSPS) is 12.9. The van der Waals surface area contributed by atoms with Gasteiger partial charge in [0, 0.05) is 19.3 Å². The Hall–Kier alpha value is -3.93. The van der Waals surface area contributed by atoms with Crippen LogP contribution in [0.5, 0.6) is 0 Å². The van der Waals surface area contributed by atoms with Gasteiger partial charge < -0.3 is 14.2 Å². The van der Waals surface area contributed by atoms with Gasteiger partial charge in [0.15, 0.2) is 6.10 Å². The van der Waals surface area contributed by atoms with Gasteiger partial charge in [-0.25, -0.2) is 0 Å². The Balaban J connectivity index is 4.48. The van der Waals surface area contributed by atoms with E-state index in [2.05, 4.69) is 130 Å². The summed E-state index contributed by atoms with van der Waals surface area (Å²) >= 11 is 0. The number of ether oxygens (including phenoxy) is 3. The minimum atomic E-state index is -0.802. The van der Waals surface area contributed by atoms with Crippen molar-refractivity contribution in [2.24, 2.45) is 0 Å².